The monoisotopic (exact) mass is 358 g/mol. The summed E-state index contributed by atoms with van der Waals surface area (Å²) in [4.78, 5) is 2.23. The highest BCUT2D eigenvalue weighted by molar-refractivity contribution is 6.40. The molecule has 2 atom stereocenters. The lowest BCUT2D eigenvalue weighted by atomic mass is 9.82. The Morgan fingerprint density at radius 3 is 2.48 bits per heavy atom. The Balaban J connectivity index is 1.75. The van der Waals surface area contributed by atoms with Crippen molar-refractivity contribution in [1.82, 2.24) is 4.90 Å². The number of rotatable bonds is 8. The molecule has 1 unspecified atom stereocenters. The van der Waals surface area contributed by atoms with Crippen LogP contribution in [0.2, 0.25) is 6.32 Å². The molecule has 1 aliphatic heterocycles. The second-order valence-corrected chi connectivity index (χ2v) is 6.91. The van der Waals surface area contributed by atoms with Crippen LogP contribution in [0.1, 0.15) is 36.8 Å². The highest BCUT2D eigenvalue weighted by atomic mass is 19.4. The van der Waals surface area contributed by atoms with E-state index in [-0.39, 0.29) is 6.04 Å². The average Bonchev–Trinajstić information content (AvgIpc) is 2.99. The predicted octanol–water partition coefficient (Wildman–Crippen LogP) is 2.50. The zero-order chi connectivity index (χ0) is 18.4. The SMILES string of the molecule is NC(CCCCB(O)O)[C@@H]1CCN(Cc2ccc(C(F)(F)F)cc2)C1. The second-order valence-electron chi connectivity index (χ2n) is 6.91. The van der Waals surface area contributed by atoms with Crippen molar-refractivity contribution in [3.63, 3.8) is 0 Å². The van der Waals surface area contributed by atoms with Crippen LogP contribution in [0.15, 0.2) is 24.3 Å². The number of hydrogen-bond donors (Lipinski definition) is 3. The minimum atomic E-state index is -4.30. The van der Waals surface area contributed by atoms with E-state index in [0.29, 0.717) is 18.8 Å². The van der Waals surface area contributed by atoms with Crippen molar-refractivity contribution in [2.75, 3.05) is 13.1 Å². The molecule has 1 saturated heterocycles. The second kappa shape index (κ2) is 9.03. The van der Waals surface area contributed by atoms with Crippen LogP contribution < -0.4 is 5.73 Å². The van der Waals surface area contributed by atoms with Crippen molar-refractivity contribution in [2.24, 2.45) is 11.7 Å². The molecule has 0 bridgehead atoms. The Hall–Kier alpha value is -1.09. The van der Waals surface area contributed by atoms with Gasteiger partial charge in [0.05, 0.1) is 5.56 Å². The van der Waals surface area contributed by atoms with Crippen LogP contribution in [-0.4, -0.2) is 41.2 Å². The molecule has 1 aromatic rings. The molecular formula is C17H26BF3N2O2. The summed E-state index contributed by atoms with van der Waals surface area (Å²) in [5, 5.41) is 17.6. The van der Waals surface area contributed by atoms with E-state index in [4.69, 9.17) is 15.8 Å². The lowest BCUT2D eigenvalue weighted by Gasteiger charge is -2.21. The summed E-state index contributed by atoms with van der Waals surface area (Å²) >= 11 is 0. The fourth-order valence-electron chi connectivity index (χ4n) is 3.36. The Morgan fingerprint density at radius 1 is 1.20 bits per heavy atom. The van der Waals surface area contributed by atoms with E-state index in [2.05, 4.69) is 4.90 Å². The quantitative estimate of drug-likeness (QED) is 0.493. The molecule has 0 aliphatic carbocycles. The third kappa shape index (κ3) is 6.62. The van der Waals surface area contributed by atoms with E-state index in [9.17, 15) is 13.2 Å². The molecule has 0 amide bonds. The average molecular weight is 358 g/mol. The van der Waals surface area contributed by atoms with E-state index >= 15 is 0 Å². The van der Waals surface area contributed by atoms with Crippen molar-refractivity contribution in [3.8, 4) is 0 Å². The van der Waals surface area contributed by atoms with Crippen molar-refractivity contribution < 1.29 is 23.2 Å². The smallest absolute Gasteiger partial charge is 0.427 e. The highest BCUT2D eigenvalue weighted by Gasteiger charge is 2.30. The molecule has 0 spiro atoms. The summed E-state index contributed by atoms with van der Waals surface area (Å²) in [5.74, 6) is 0.383. The van der Waals surface area contributed by atoms with Gasteiger partial charge in [0.1, 0.15) is 0 Å². The first-order valence-electron chi connectivity index (χ1n) is 8.76. The van der Waals surface area contributed by atoms with Gasteiger partial charge in [-0.25, -0.2) is 0 Å². The maximum atomic E-state index is 12.6. The highest BCUT2D eigenvalue weighted by Crippen LogP contribution is 2.29. The molecule has 25 heavy (non-hydrogen) atoms. The maximum Gasteiger partial charge on any atom is 0.451 e. The normalized spacial score (nSPS) is 20.0. The van der Waals surface area contributed by atoms with E-state index in [1.807, 2.05) is 0 Å². The van der Waals surface area contributed by atoms with Crippen LogP contribution in [0, 0.1) is 5.92 Å². The lowest BCUT2D eigenvalue weighted by molar-refractivity contribution is -0.137. The molecule has 0 aromatic heterocycles. The first kappa shape index (κ1) is 20.2. The number of alkyl halides is 3. The third-order valence-electron chi connectivity index (χ3n) is 4.85. The molecular weight excluding hydrogens is 332 g/mol. The van der Waals surface area contributed by atoms with Crippen LogP contribution in [0.4, 0.5) is 13.2 Å². The van der Waals surface area contributed by atoms with Crippen LogP contribution in [0.3, 0.4) is 0 Å². The molecule has 1 aliphatic rings. The molecule has 4 nitrogen and oxygen atoms in total. The van der Waals surface area contributed by atoms with Crippen molar-refractivity contribution in [2.45, 2.75) is 50.8 Å². The van der Waals surface area contributed by atoms with Gasteiger partial charge in [0.2, 0.25) is 0 Å². The van der Waals surface area contributed by atoms with E-state index in [1.54, 1.807) is 0 Å². The summed E-state index contributed by atoms with van der Waals surface area (Å²) in [7, 11) is -1.25. The Bertz CT molecular complexity index is 526. The van der Waals surface area contributed by atoms with Gasteiger partial charge >= 0.3 is 13.3 Å². The van der Waals surface area contributed by atoms with Crippen molar-refractivity contribution in [1.29, 1.82) is 0 Å². The Kier molecular flexibility index (Phi) is 7.31. The number of nitrogens with two attached hydrogens (primary N) is 1. The molecule has 1 fully saturated rings. The summed E-state index contributed by atoms with van der Waals surface area (Å²) in [6, 6.07) is 5.41. The topological polar surface area (TPSA) is 69.7 Å². The number of benzene rings is 1. The largest absolute Gasteiger partial charge is 0.451 e. The van der Waals surface area contributed by atoms with Crippen LogP contribution in [-0.2, 0) is 12.7 Å². The standard InChI is InChI=1S/C17H26BF3N2O2/c19-17(20,21)15-6-4-13(5-7-15)11-23-10-8-14(12-23)16(22)3-1-2-9-18(24)25/h4-7,14,16,24-25H,1-3,8-12,22H2/t14-,16?/m1/s1. The van der Waals surface area contributed by atoms with Gasteiger partial charge in [-0.2, -0.15) is 13.2 Å². The van der Waals surface area contributed by atoms with Gasteiger partial charge in [0.25, 0.3) is 0 Å². The fourth-order valence-corrected chi connectivity index (χ4v) is 3.36. The fraction of sp³-hybridized carbons (Fsp3) is 0.647. The predicted molar refractivity (Wildman–Crippen MR) is 91.7 cm³/mol. The van der Waals surface area contributed by atoms with Gasteiger partial charge in [-0.05, 0) is 49.3 Å². The minimum Gasteiger partial charge on any atom is -0.427 e. The summed E-state index contributed by atoms with van der Waals surface area (Å²) in [6.45, 7) is 2.39. The zero-order valence-electron chi connectivity index (χ0n) is 14.3. The Morgan fingerprint density at radius 2 is 1.88 bits per heavy atom. The van der Waals surface area contributed by atoms with Gasteiger partial charge in [-0.3, -0.25) is 4.90 Å². The van der Waals surface area contributed by atoms with Crippen molar-refractivity contribution in [3.05, 3.63) is 35.4 Å². The maximum absolute atomic E-state index is 12.6. The number of nitrogens with zero attached hydrogens (tertiary/aromatic N) is 1. The molecule has 1 heterocycles. The summed E-state index contributed by atoms with van der Waals surface area (Å²) in [6.07, 6.45) is -0.467. The van der Waals surface area contributed by atoms with Gasteiger partial charge in [-0.15, -0.1) is 0 Å². The molecule has 2 rings (SSSR count). The van der Waals surface area contributed by atoms with Crippen LogP contribution >= 0.6 is 0 Å². The minimum absolute atomic E-state index is 0.0773. The van der Waals surface area contributed by atoms with Gasteiger partial charge in [0, 0.05) is 19.1 Å². The number of likely N-dealkylation sites (tertiary alicyclic amines) is 1. The Labute approximate surface area is 147 Å². The van der Waals surface area contributed by atoms with Crippen LogP contribution in [0.25, 0.3) is 0 Å². The first-order chi connectivity index (χ1) is 11.8. The molecule has 0 radical (unpaired) electrons. The van der Waals surface area contributed by atoms with E-state index < -0.39 is 18.9 Å². The lowest BCUT2D eigenvalue weighted by Crippen LogP contribution is -2.32. The molecule has 8 heteroatoms. The van der Waals surface area contributed by atoms with E-state index in [0.717, 1.165) is 56.5 Å². The molecule has 4 N–H and O–H groups in total. The van der Waals surface area contributed by atoms with E-state index in [1.165, 1.54) is 12.1 Å². The summed E-state index contributed by atoms with van der Waals surface area (Å²) in [5.41, 5.74) is 6.50. The number of halogens is 3. The van der Waals surface area contributed by atoms with Gasteiger partial charge in [-0.1, -0.05) is 25.0 Å². The number of unbranched alkanes of at least 4 members (excludes halogenated alkanes) is 1. The van der Waals surface area contributed by atoms with Crippen LogP contribution in [0.5, 0.6) is 0 Å². The first-order valence-corrected chi connectivity index (χ1v) is 8.76. The number of hydrogen-bond acceptors (Lipinski definition) is 4. The molecule has 140 valence electrons. The summed E-state index contributed by atoms with van der Waals surface area (Å²) < 4.78 is 37.8. The van der Waals surface area contributed by atoms with Gasteiger partial charge in [0.15, 0.2) is 0 Å². The van der Waals surface area contributed by atoms with Crippen molar-refractivity contribution >= 4 is 7.12 Å². The molecule has 1 aromatic carbocycles. The molecule has 0 saturated carbocycles. The zero-order valence-corrected chi connectivity index (χ0v) is 14.3. The van der Waals surface area contributed by atoms with Gasteiger partial charge < -0.3 is 15.8 Å². The third-order valence-corrected chi connectivity index (χ3v) is 4.85.